The minimum Gasteiger partial charge on any atom is -0.496 e. The lowest BCUT2D eigenvalue weighted by molar-refractivity contribution is -0.123. The van der Waals surface area contributed by atoms with Crippen LogP contribution in [0.2, 0.25) is 0 Å². The van der Waals surface area contributed by atoms with Crippen LogP contribution < -0.4 is 15.0 Å². The Morgan fingerprint density at radius 1 is 1.00 bits per heavy atom. The van der Waals surface area contributed by atoms with E-state index in [9.17, 15) is 14.0 Å². The van der Waals surface area contributed by atoms with Gasteiger partial charge in [-0.2, -0.15) is 5.10 Å². The molecule has 1 atom stereocenters. The molecule has 216 valence electrons. The van der Waals surface area contributed by atoms with E-state index in [4.69, 9.17) is 9.84 Å². The van der Waals surface area contributed by atoms with Crippen molar-refractivity contribution in [3.63, 3.8) is 0 Å². The molecule has 1 aliphatic rings. The van der Waals surface area contributed by atoms with Crippen molar-refractivity contribution in [2.24, 2.45) is 0 Å². The number of aromatic nitrogens is 3. The third-order valence-corrected chi connectivity index (χ3v) is 8.41. The number of para-hydroxylation sites is 1. The van der Waals surface area contributed by atoms with Crippen molar-refractivity contribution in [2.45, 2.75) is 11.8 Å². The van der Waals surface area contributed by atoms with Gasteiger partial charge in [-0.25, -0.2) is 9.07 Å². The van der Waals surface area contributed by atoms with E-state index in [2.05, 4.69) is 10.3 Å². The first-order valence-electron chi connectivity index (χ1n) is 13.7. The van der Waals surface area contributed by atoms with Crippen LogP contribution in [0.15, 0.2) is 103 Å². The number of carbonyl (C=O) groups is 2. The van der Waals surface area contributed by atoms with Crippen LogP contribution in [0.25, 0.3) is 16.9 Å². The average Bonchev–Trinajstić information content (AvgIpc) is 3.37. The molecule has 0 fully saturated rings. The van der Waals surface area contributed by atoms with E-state index in [1.54, 1.807) is 36.3 Å². The third-order valence-electron chi connectivity index (χ3n) is 7.17. The van der Waals surface area contributed by atoms with Gasteiger partial charge in [0.25, 0.3) is 0 Å². The van der Waals surface area contributed by atoms with Gasteiger partial charge in [-0.05, 0) is 48.0 Å². The average molecular weight is 594 g/mol. The summed E-state index contributed by atoms with van der Waals surface area (Å²) in [5.41, 5.74) is 4.58. The van der Waals surface area contributed by atoms with Crippen LogP contribution in [0.5, 0.6) is 5.75 Å². The summed E-state index contributed by atoms with van der Waals surface area (Å²) in [7, 11) is 1.62. The topological polar surface area (TPSA) is 89.3 Å². The van der Waals surface area contributed by atoms with E-state index in [-0.39, 0.29) is 29.4 Å². The van der Waals surface area contributed by atoms with Crippen molar-refractivity contribution in [2.75, 3.05) is 24.3 Å². The maximum Gasteiger partial charge on any atom is 0.240 e. The van der Waals surface area contributed by atoms with Crippen molar-refractivity contribution in [3.8, 4) is 22.7 Å². The molecule has 5 aromatic rings. The molecule has 0 aliphatic carbocycles. The lowest BCUT2D eigenvalue weighted by Crippen LogP contribution is -2.42. The van der Waals surface area contributed by atoms with Gasteiger partial charge in [-0.1, -0.05) is 48.5 Å². The second-order valence-electron chi connectivity index (χ2n) is 9.89. The lowest BCUT2D eigenvalue weighted by Gasteiger charge is -2.23. The Labute approximate surface area is 252 Å². The maximum absolute atomic E-state index is 14.0. The summed E-state index contributed by atoms with van der Waals surface area (Å²) in [5, 5.41) is 7.59. The number of anilines is 1. The largest absolute Gasteiger partial charge is 0.496 e. The van der Waals surface area contributed by atoms with Crippen molar-refractivity contribution in [3.05, 3.63) is 126 Å². The van der Waals surface area contributed by atoms with Gasteiger partial charge in [0.15, 0.2) is 0 Å². The fourth-order valence-electron chi connectivity index (χ4n) is 5.12. The highest BCUT2D eigenvalue weighted by Gasteiger charge is 2.38. The standard InChI is InChI=1S/C33H28FN5O3S/c1-42-27-10-6-5-9-26(27)32-30-31(23-7-3-2-4-8-23)37-39(25-13-11-24(34)12-14-25)33(30)38(29(41)21-43-32)20-28(40)36-19-22-15-17-35-18-16-22/h2-18,32H,19-21H2,1H3,(H,36,40). The van der Waals surface area contributed by atoms with Crippen molar-refractivity contribution in [1.82, 2.24) is 20.1 Å². The second kappa shape index (κ2) is 12.5. The number of amides is 2. The van der Waals surface area contributed by atoms with Crippen LogP contribution in [-0.2, 0) is 16.1 Å². The Balaban J connectivity index is 1.53. The maximum atomic E-state index is 14.0. The van der Waals surface area contributed by atoms with E-state index in [1.807, 2.05) is 66.7 Å². The Hall–Kier alpha value is -4.96. The van der Waals surface area contributed by atoms with Crippen molar-refractivity contribution in [1.29, 1.82) is 0 Å². The van der Waals surface area contributed by atoms with E-state index in [0.29, 0.717) is 29.5 Å². The highest BCUT2D eigenvalue weighted by molar-refractivity contribution is 8.00. The van der Waals surface area contributed by atoms with Gasteiger partial charge in [0.2, 0.25) is 11.8 Å². The molecule has 1 aliphatic heterocycles. The smallest absolute Gasteiger partial charge is 0.240 e. The highest BCUT2D eigenvalue weighted by atomic mass is 32.2. The number of hydrogen-bond donors (Lipinski definition) is 1. The third kappa shape index (κ3) is 5.87. The lowest BCUT2D eigenvalue weighted by atomic mass is 9.99. The summed E-state index contributed by atoms with van der Waals surface area (Å²) >= 11 is 1.46. The predicted octanol–water partition coefficient (Wildman–Crippen LogP) is 5.57. The normalized spacial score (nSPS) is 14.6. The number of thioether (sulfide) groups is 1. The van der Waals surface area contributed by atoms with Crippen LogP contribution in [0.3, 0.4) is 0 Å². The van der Waals surface area contributed by atoms with Crippen LogP contribution in [0.1, 0.15) is 21.9 Å². The highest BCUT2D eigenvalue weighted by Crippen LogP contribution is 2.50. The summed E-state index contributed by atoms with van der Waals surface area (Å²) in [6.45, 7) is 0.0680. The molecule has 6 rings (SSSR count). The van der Waals surface area contributed by atoms with Crippen LogP contribution >= 0.6 is 11.8 Å². The van der Waals surface area contributed by atoms with Crippen molar-refractivity contribution >= 4 is 29.4 Å². The Morgan fingerprint density at radius 2 is 1.72 bits per heavy atom. The minimum absolute atomic E-state index is 0.118. The van der Waals surface area contributed by atoms with Crippen LogP contribution in [0, 0.1) is 5.82 Å². The van der Waals surface area contributed by atoms with Crippen molar-refractivity contribution < 1.29 is 18.7 Å². The van der Waals surface area contributed by atoms with Gasteiger partial charge in [0, 0.05) is 35.6 Å². The van der Waals surface area contributed by atoms with E-state index < -0.39 is 5.82 Å². The Bertz CT molecular complexity index is 1750. The molecule has 8 nitrogen and oxygen atoms in total. The summed E-state index contributed by atoms with van der Waals surface area (Å²) in [5.74, 6) is 0.282. The van der Waals surface area contributed by atoms with Gasteiger partial charge in [0.1, 0.15) is 23.9 Å². The molecule has 1 N–H and O–H groups in total. The molecule has 0 radical (unpaired) electrons. The summed E-state index contributed by atoms with van der Waals surface area (Å²) in [6, 6.07) is 27.0. The summed E-state index contributed by atoms with van der Waals surface area (Å²) in [4.78, 5) is 32.7. The number of ether oxygens (including phenoxy) is 1. The van der Waals surface area contributed by atoms with Gasteiger partial charge >= 0.3 is 0 Å². The fraction of sp³-hybridized carbons (Fsp3) is 0.152. The number of nitrogens with one attached hydrogen (secondary N) is 1. The number of hydrogen-bond acceptors (Lipinski definition) is 6. The number of fused-ring (bicyclic) bond motifs is 1. The molecule has 1 unspecified atom stereocenters. The summed E-state index contributed by atoms with van der Waals surface area (Å²) in [6.07, 6.45) is 3.32. The van der Waals surface area contributed by atoms with Crippen LogP contribution in [0.4, 0.5) is 10.2 Å². The molecule has 43 heavy (non-hydrogen) atoms. The number of carbonyl (C=O) groups excluding carboxylic acids is 2. The van der Waals surface area contributed by atoms with Gasteiger partial charge in [-0.15, -0.1) is 11.8 Å². The Morgan fingerprint density at radius 3 is 2.47 bits per heavy atom. The number of halogens is 1. The zero-order valence-corrected chi connectivity index (χ0v) is 24.1. The number of rotatable bonds is 8. The Kier molecular flexibility index (Phi) is 8.19. The van der Waals surface area contributed by atoms with Gasteiger partial charge in [-0.3, -0.25) is 19.5 Å². The second-order valence-corrected chi connectivity index (χ2v) is 11.0. The molecule has 3 aromatic carbocycles. The molecule has 0 saturated heterocycles. The molecule has 0 saturated carbocycles. The molecule has 2 aromatic heterocycles. The van der Waals surface area contributed by atoms with Crippen LogP contribution in [-0.4, -0.2) is 46.0 Å². The quantitative estimate of drug-likeness (QED) is 0.253. The molecule has 0 spiro atoms. The molecule has 3 heterocycles. The fourth-order valence-corrected chi connectivity index (χ4v) is 6.34. The van der Waals surface area contributed by atoms with Gasteiger partial charge < -0.3 is 10.1 Å². The van der Waals surface area contributed by atoms with E-state index in [1.165, 1.54) is 28.8 Å². The van der Waals surface area contributed by atoms with E-state index in [0.717, 1.165) is 22.3 Å². The SMILES string of the molecule is COc1ccccc1C1SCC(=O)N(CC(=O)NCc2ccncc2)c2c1c(-c1ccccc1)nn2-c1ccc(F)cc1. The number of nitrogens with zero attached hydrogens (tertiary/aromatic N) is 4. The predicted molar refractivity (Wildman–Crippen MR) is 165 cm³/mol. The molecule has 0 bridgehead atoms. The molecular formula is C33H28FN5O3S. The summed E-state index contributed by atoms with van der Waals surface area (Å²) < 4.78 is 21.4. The zero-order chi connectivity index (χ0) is 29.8. The van der Waals surface area contributed by atoms with Gasteiger partial charge in [0.05, 0.1) is 29.5 Å². The molecule has 2 amide bonds. The first-order valence-corrected chi connectivity index (χ1v) is 14.7. The molecular weight excluding hydrogens is 565 g/mol. The number of pyridine rings is 1. The zero-order valence-electron chi connectivity index (χ0n) is 23.3. The first kappa shape index (κ1) is 28.2. The van der Waals surface area contributed by atoms with E-state index >= 15 is 0 Å². The number of methoxy groups -OCH3 is 1. The monoisotopic (exact) mass is 593 g/mol. The number of benzene rings is 3. The molecule has 10 heteroatoms. The minimum atomic E-state index is -0.392. The first-order chi connectivity index (χ1) is 21.0.